The second-order valence-corrected chi connectivity index (χ2v) is 5.69. The smallest absolute Gasteiger partial charge is 0.335 e. The third-order valence-corrected chi connectivity index (χ3v) is 3.84. The van der Waals surface area contributed by atoms with Gasteiger partial charge in [-0.15, -0.1) is 0 Å². The van der Waals surface area contributed by atoms with Crippen molar-refractivity contribution >= 4 is 5.97 Å². The first-order valence-corrected chi connectivity index (χ1v) is 7.43. The first kappa shape index (κ1) is 14.6. The van der Waals surface area contributed by atoms with Crippen molar-refractivity contribution in [2.24, 2.45) is 5.92 Å². The number of hydrogen-bond acceptors (Lipinski definition) is 3. The molecule has 0 spiro atoms. The zero-order valence-electron chi connectivity index (χ0n) is 12.3. The zero-order valence-corrected chi connectivity index (χ0v) is 12.3. The number of carbonyl (C=O) groups is 1. The normalized spacial score (nSPS) is 15.3. The number of hydrogen-bond donors (Lipinski definition) is 1. The molecule has 3 rings (SSSR count). The molecule has 1 aliphatic heterocycles. The Hall–Kier alpha value is -2.33. The van der Waals surface area contributed by atoms with Crippen LogP contribution in [0.2, 0.25) is 0 Å². The number of carboxylic acids is 1. The molecule has 4 heteroatoms. The van der Waals surface area contributed by atoms with Gasteiger partial charge in [0.05, 0.1) is 12.2 Å². The number of benzene rings is 2. The minimum Gasteiger partial charge on any atom is -0.493 e. The number of carboxylic acid groups (broad SMARTS) is 1. The van der Waals surface area contributed by atoms with E-state index in [-0.39, 0.29) is 0 Å². The lowest BCUT2D eigenvalue weighted by Crippen LogP contribution is -2.48. The predicted octanol–water partition coefficient (Wildman–Crippen LogP) is 2.90. The van der Waals surface area contributed by atoms with E-state index in [1.165, 1.54) is 0 Å². The molecule has 0 aromatic heterocycles. The van der Waals surface area contributed by atoms with Gasteiger partial charge >= 0.3 is 5.97 Å². The van der Waals surface area contributed by atoms with E-state index >= 15 is 0 Å². The molecule has 0 atom stereocenters. The summed E-state index contributed by atoms with van der Waals surface area (Å²) in [5.74, 6) is 0.581. The summed E-state index contributed by atoms with van der Waals surface area (Å²) in [6.07, 6.45) is 0. The van der Waals surface area contributed by atoms with Crippen molar-refractivity contribution in [3.63, 3.8) is 0 Å². The molecule has 114 valence electrons. The zero-order chi connectivity index (χ0) is 15.4. The van der Waals surface area contributed by atoms with Gasteiger partial charge in [-0.25, -0.2) is 4.79 Å². The number of rotatable bonds is 6. The highest BCUT2D eigenvalue weighted by molar-refractivity contribution is 5.87. The van der Waals surface area contributed by atoms with Crippen molar-refractivity contribution in [1.29, 1.82) is 0 Å². The molecule has 0 radical (unpaired) electrons. The summed E-state index contributed by atoms with van der Waals surface area (Å²) in [5.41, 5.74) is 1.39. The van der Waals surface area contributed by atoms with Crippen LogP contribution in [0.5, 0.6) is 5.75 Å². The van der Waals surface area contributed by atoms with Crippen LogP contribution in [0.15, 0.2) is 54.6 Å². The highest BCUT2D eigenvalue weighted by atomic mass is 16.5. The lowest BCUT2D eigenvalue weighted by atomic mass is 10.00. The van der Waals surface area contributed by atoms with Gasteiger partial charge < -0.3 is 9.84 Å². The summed E-state index contributed by atoms with van der Waals surface area (Å²) < 4.78 is 5.75. The third-order valence-electron chi connectivity index (χ3n) is 3.84. The Morgan fingerprint density at radius 3 is 2.64 bits per heavy atom. The van der Waals surface area contributed by atoms with Gasteiger partial charge in [0.1, 0.15) is 5.75 Å². The lowest BCUT2D eigenvalue weighted by Gasteiger charge is -2.39. The van der Waals surface area contributed by atoms with Crippen LogP contribution in [0, 0.1) is 5.92 Å². The summed E-state index contributed by atoms with van der Waals surface area (Å²) in [7, 11) is 0. The molecule has 1 N–H and O–H groups in total. The number of likely N-dealkylation sites (tertiary alicyclic amines) is 1. The van der Waals surface area contributed by atoms with Gasteiger partial charge in [-0.05, 0) is 29.8 Å². The number of nitrogens with zero attached hydrogens (tertiary/aromatic N) is 1. The molecule has 2 aromatic carbocycles. The van der Waals surface area contributed by atoms with Crippen molar-refractivity contribution in [1.82, 2.24) is 4.90 Å². The molecule has 0 saturated carbocycles. The molecule has 0 amide bonds. The largest absolute Gasteiger partial charge is 0.493 e. The van der Waals surface area contributed by atoms with Gasteiger partial charge in [0.2, 0.25) is 0 Å². The Morgan fingerprint density at radius 2 is 1.91 bits per heavy atom. The summed E-state index contributed by atoms with van der Waals surface area (Å²) in [6, 6.07) is 17.0. The first-order chi connectivity index (χ1) is 10.7. The molecule has 2 aromatic rings. The standard InChI is InChI=1S/C18H19NO3/c20-18(21)16-6-4-5-14(9-16)10-19-11-15(12-19)13-22-17-7-2-1-3-8-17/h1-9,15H,10-13H2,(H,20,21). The van der Waals surface area contributed by atoms with Crippen LogP contribution < -0.4 is 4.74 Å². The maximum Gasteiger partial charge on any atom is 0.335 e. The van der Waals surface area contributed by atoms with E-state index in [4.69, 9.17) is 9.84 Å². The predicted molar refractivity (Wildman–Crippen MR) is 84.1 cm³/mol. The molecule has 22 heavy (non-hydrogen) atoms. The van der Waals surface area contributed by atoms with Crippen molar-refractivity contribution in [2.75, 3.05) is 19.7 Å². The molecular weight excluding hydrogens is 278 g/mol. The minimum absolute atomic E-state index is 0.349. The second kappa shape index (κ2) is 6.62. The van der Waals surface area contributed by atoms with Crippen LogP contribution in [-0.4, -0.2) is 35.7 Å². The van der Waals surface area contributed by atoms with Crippen LogP contribution in [0.4, 0.5) is 0 Å². The van der Waals surface area contributed by atoms with Gasteiger partial charge in [0.25, 0.3) is 0 Å². The van der Waals surface area contributed by atoms with Crippen molar-refractivity contribution in [2.45, 2.75) is 6.54 Å². The van der Waals surface area contributed by atoms with Gasteiger partial charge in [-0.3, -0.25) is 4.90 Å². The maximum atomic E-state index is 11.0. The number of ether oxygens (including phenoxy) is 1. The summed E-state index contributed by atoms with van der Waals surface area (Å²) in [4.78, 5) is 13.3. The van der Waals surface area contributed by atoms with Crippen LogP contribution in [0.1, 0.15) is 15.9 Å². The van der Waals surface area contributed by atoms with Gasteiger partial charge in [0, 0.05) is 25.6 Å². The minimum atomic E-state index is -0.875. The first-order valence-electron chi connectivity index (χ1n) is 7.43. The summed E-state index contributed by atoms with van der Waals surface area (Å²) >= 11 is 0. The monoisotopic (exact) mass is 297 g/mol. The summed E-state index contributed by atoms with van der Waals surface area (Å²) in [6.45, 7) is 3.51. The van der Waals surface area contributed by atoms with Gasteiger partial charge in [-0.2, -0.15) is 0 Å². The molecule has 1 aliphatic rings. The fourth-order valence-corrected chi connectivity index (χ4v) is 2.70. The van der Waals surface area contributed by atoms with E-state index in [0.717, 1.165) is 37.6 Å². The molecule has 0 unspecified atom stereocenters. The van der Waals surface area contributed by atoms with Crippen LogP contribution in [0.3, 0.4) is 0 Å². The highest BCUT2D eigenvalue weighted by Gasteiger charge is 2.27. The average Bonchev–Trinajstić information content (AvgIpc) is 2.50. The Kier molecular flexibility index (Phi) is 4.39. The molecule has 1 fully saturated rings. The molecule has 4 nitrogen and oxygen atoms in total. The highest BCUT2D eigenvalue weighted by Crippen LogP contribution is 2.20. The van der Waals surface area contributed by atoms with E-state index in [1.54, 1.807) is 18.2 Å². The Balaban J connectivity index is 1.44. The van der Waals surface area contributed by atoms with E-state index in [9.17, 15) is 4.79 Å². The fourth-order valence-electron chi connectivity index (χ4n) is 2.70. The molecule has 0 bridgehead atoms. The van der Waals surface area contributed by atoms with Crippen LogP contribution in [0.25, 0.3) is 0 Å². The number of aromatic carboxylic acids is 1. The van der Waals surface area contributed by atoms with Crippen molar-refractivity contribution < 1.29 is 14.6 Å². The molecule has 1 saturated heterocycles. The molecule has 0 aliphatic carbocycles. The number of para-hydroxylation sites is 1. The quantitative estimate of drug-likeness (QED) is 0.890. The SMILES string of the molecule is O=C(O)c1cccc(CN2CC(COc3ccccc3)C2)c1. The topological polar surface area (TPSA) is 49.8 Å². The fraction of sp³-hybridized carbons (Fsp3) is 0.278. The Morgan fingerprint density at radius 1 is 1.14 bits per heavy atom. The van der Waals surface area contributed by atoms with E-state index < -0.39 is 5.97 Å². The van der Waals surface area contributed by atoms with Crippen molar-refractivity contribution in [3.8, 4) is 5.75 Å². The van der Waals surface area contributed by atoms with Crippen LogP contribution >= 0.6 is 0 Å². The lowest BCUT2D eigenvalue weighted by molar-refractivity contribution is 0.0557. The van der Waals surface area contributed by atoms with Gasteiger partial charge in [-0.1, -0.05) is 30.3 Å². The third kappa shape index (κ3) is 3.65. The van der Waals surface area contributed by atoms with Crippen LogP contribution in [-0.2, 0) is 6.54 Å². The molecular formula is C18H19NO3. The van der Waals surface area contributed by atoms with E-state index in [2.05, 4.69) is 4.90 Å². The molecule has 1 heterocycles. The Labute approximate surface area is 130 Å². The van der Waals surface area contributed by atoms with E-state index in [1.807, 2.05) is 36.4 Å². The van der Waals surface area contributed by atoms with E-state index in [0.29, 0.717) is 11.5 Å². The Bertz CT molecular complexity index is 636. The maximum absolute atomic E-state index is 11.0. The van der Waals surface area contributed by atoms with Crippen molar-refractivity contribution in [3.05, 3.63) is 65.7 Å². The van der Waals surface area contributed by atoms with Gasteiger partial charge in [0.15, 0.2) is 0 Å². The summed E-state index contributed by atoms with van der Waals surface area (Å²) in [5, 5.41) is 9.00. The second-order valence-electron chi connectivity index (χ2n) is 5.69. The average molecular weight is 297 g/mol.